The zero-order valence-electron chi connectivity index (χ0n) is 13.5. The van der Waals surface area contributed by atoms with Gasteiger partial charge in [0.25, 0.3) is 0 Å². The van der Waals surface area contributed by atoms with E-state index in [4.69, 9.17) is 15.2 Å². The molecule has 7 nitrogen and oxygen atoms in total. The van der Waals surface area contributed by atoms with Crippen LogP contribution in [0.15, 0.2) is 16.8 Å². The molecule has 0 spiro atoms. The standard InChI is InChI=1S/C15H22FN3O4/c1-5-6-15(16)12(21)11(9(3)20)23-13(15)19-8(2)7-10(17)18-14(19)22-4/h7,9,11-14,20-21H,1-4H3,(H2,17,18)/t9-,11-,12+,13-,14?,15?/m1/s1. The molecule has 1 fully saturated rings. The smallest absolute Gasteiger partial charge is 0.243 e. The number of ether oxygens (including phenoxy) is 2. The minimum absolute atomic E-state index is 0.238. The number of methoxy groups -OCH3 is 1. The summed E-state index contributed by atoms with van der Waals surface area (Å²) in [6.07, 6.45) is -4.50. The first kappa shape index (κ1) is 17.7. The number of hydrogen-bond acceptors (Lipinski definition) is 7. The highest BCUT2D eigenvalue weighted by Crippen LogP contribution is 2.40. The molecule has 6 atom stereocenters. The number of rotatable bonds is 3. The molecule has 0 amide bonds. The molecular formula is C15H22FN3O4. The van der Waals surface area contributed by atoms with E-state index in [1.54, 1.807) is 13.0 Å². The normalized spacial score (nSPS) is 38.5. The van der Waals surface area contributed by atoms with Gasteiger partial charge in [0, 0.05) is 12.8 Å². The second-order valence-electron chi connectivity index (χ2n) is 5.59. The average Bonchev–Trinajstić information content (AvgIpc) is 2.71. The molecule has 2 unspecified atom stereocenters. The summed E-state index contributed by atoms with van der Waals surface area (Å²) in [6, 6.07) is 0. The molecule has 0 saturated carbocycles. The summed E-state index contributed by atoms with van der Waals surface area (Å²) in [5, 5.41) is 20.1. The number of allylic oxidation sites excluding steroid dienone is 1. The number of aliphatic imine (C=N–C) groups is 1. The number of halogens is 1. The molecule has 128 valence electrons. The highest BCUT2D eigenvalue weighted by Gasteiger charge is 2.61. The van der Waals surface area contributed by atoms with Crippen molar-refractivity contribution in [3.05, 3.63) is 11.8 Å². The van der Waals surface area contributed by atoms with Gasteiger partial charge in [-0.25, -0.2) is 9.38 Å². The SMILES string of the molecule is CC#CC1(F)[C@@H](O)[C@@H]([C@@H](C)O)O[C@H]1N1C(C)=CC(N)=NC1OC. The van der Waals surface area contributed by atoms with Crippen molar-refractivity contribution in [3.8, 4) is 11.8 Å². The van der Waals surface area contributed by atoms with Crippen molar-refractivity contribution in [2.45, 2.75) is 57.3 Å². The molecule has 4 N–H and O–H groups in total. The first-order valence-corrected chi connectivity index (χ1v) is 7.23. The summed E-state index contributed by atoms with van der Waals surface area (Å²) in [6.45, 7) is 4.57. The Balaban J connectivity index is 2.46. The Labute approximate surface area is 134 Å². The lowest BCUT2D eigenvalue weighted by Gasteiger charge is -2.40. The maximum Gasteiger partial charge on any atom is 0.243 e. The lowest BCUT2D eigenvalue weighted by molar-refractivity contribution is -0.153. The molecule has 2 aliphatic heterocycles. The Hall–Kier alpha value is -1.66. The van der Waals surface area contributed by atoms with Crippen molar-refractivity contribution >= 4 is 5.84 Å². The number of amidine groups is 1. The van der Waals surface area contributed by atoms with Crippen molar-refractivity contribution in [2.24, 2.45) is 10.7 Å². The molecule has 8 heteroatoms. The van der Waals surface area contributed by atoms with E-state index in [0.717, 1.165) is 0 Å². The van der Waals surface area contributed by atoms with Gasteiger partial charge in [-0.1, -0.05) is 5.92 Å². The summed E-state index contributed by atoms with van der Waals surface area (Å²) in [5.74, 6) is 5.08. The van der Waals surface area contributed by atoms with E-state index in [2.05, 4.69) is 16.8 Å². The average molecular weight is 327 g/mol. The van der Waals surface area contributed by atoms with Crippen LogP contribution in [0, 0.1) is 11.8 Å². The van der Waals surface area contributed by atoms with E-state index >= 15 is 4.39 Å². The van der Waals surface area contributed by atoms with Crippen LogP contribution in [-0.4, -0.2) is 64.6 Å². The van der Waals surface area contributed by atoms with Crippen LogP contribution in [0.1, 0.15) is 20.8 Å². The van der Waals surface area contributed by atoms with Gasteiger partial charge in [0.1, 0.15) is 18.0 Å². The van der Waals surface area contributed by atoms with Gasteiger partial charge < -0.3 is 30.3 Å². The fourth-order valence-electron chi connectivity index (χ4n) is 2.84. The summed E-state index contributed by atoms with van der Waals surface area (Å²) in [5.41, 5.74) is 3.83. The van der Waals surface area contributed by atoms with E-state index in [1.165, 1.54) is 25.9 Å². The molecule has 2 aliphatic rings. The topological polar surface area (TPSA) is 101 Å². The molecule has 0 aromatic heterocycles. The number of nitrogens with zero attached hydrogens (tertiary/aromatic N) is 2. The monoisotopic (exact) mass is 327 g/mol. The highest BCUT2D eigenvalue weighted by atomic mass is 19.1. The summed E-state index contributed by atoms with van der Waals surface area (Å²) >= 11 is 0. The third kappa shape index (κ3) is 2.93. The Morgan fingerprint density at radius 1 is 1.61 bits per heavy atom. The summed E-state index contributed by atoms with van der Waals surface area (Å²) in [4.78, 5) is 5.49. The maximum absolute atomic E-state index is 15.5. The largest absolute Gasteiger partial charge is 0.391 e. The first-order chi connectivity index (χ1) is 10.8. The Bertz CT molecular complexity index is 583. The number of alkyl halides is 1. The molecule has 0 aromatic rings. The Kier molecular flexibility index (Phi) is 4.96. The second kappa shape index (κ2) is 6.45. The van der Waals surface area contributed by atoms with Crippen LogP contribution in [-0.2, 0) is 9.47 Å². The molecule has 2 rings (SSSR count). The zero-order chi connectivity index (χ0) is 17.4. The third-order valence-electron chi connectivity index (χ3n) is 3.90. The number of aliphatic hydroxyl groups is 2. The van der Waals surface area contributed by atoms with Crippen LogP contribution >= 0.6 is 0 Å². The maximum atomic E-state index is 15.5. The van der Waals surface area contributed by atoms with Gasteiger partial charge in [-0.05, 0) is 26.8 Å². The van der Waals surface area contributed by atoms with Gasteiger partial charge in [0.05, 0.1) is 6.10 Å². The number of aliphatic hydroxyl groups excluding tert-OH is 2. The van der Waals surface area contributed by atoms with Crippen LogP contribution < -0.4 is 5.73 Å². The van der Waals surface area contributed by atoms with Gasteiger partial charge >= 0.3 is 0 Å². The predicted molar refractivity (Wildman–Crippen MR) is 81.7 cm³/mol. The van der Waals surface area contributed by atoms with Gasteiger partial charge in [-0.2, -0.15) is 0 Å². The van der Waals surface area contributed by atoms with Crippen molar-refractivity contribution in [1.82, 2.24) is 4.90 Å². The fourth-order valence-corrected chi connectivity index (χ4v) is 2.84. The minimum Gasteiger partial charge on any atom is -0.391 e. The van der Waals surface area contributed by atoms with Crippen LogP contribution in [0.5, 0.6) is 0 Å². The van der Waals surface area contributed by atoms with Crippen LogP contribution in [0.3, 0.4) is 0 Å². The van der Waals surface area contributed by atoms with Gasteiger partial charge in [-0.15, -0.1) is 5.92 Å². The van der Waals surface area contributed by atoms with Crippen LogP contribution in [0.4, 0.5) is 4.39 Å². The van der Waals surface area contributed by atoms with Crippen molar-refractivity contribution in [2.75, 3.05) is 7.11 Å². The van der Waals surface area contributed by atoms with Crippen molar-refractivity contribution < 1.29 is 24.1 Å². The fraction of sp³-hybridized carbons (Fsp3) is 0.667. The third-order valence-corrected chi connectivity index (χ3v) is 3.90. The molecule has 0 radical (unpaired) electrons. The van der Waals surface area contributed by atoms with Gasteiger partial charge in [0.2, 0.25) is 12.0 Å². The zero-order valence-corrected chi connectivity index (χ0v) is 13.5. The van der Waals surface area contributed by atoms with Crippen LogP contribution in [0.2, 0.25) is 0 Å². The van der Waals surface area contributed by atoms with E-state index < -0.39 is 36.6 Å². The molecule has 0 aliphatic carbocycles. The van der Waals surface area contributed by atoms with Gasteiger partial charge in [0.15, 0.2) is 6.23 Å². The predicted octanol–water partition coefficient (Wildman–Crippen LogP) is -0.309. The molecule has 0 aromatic carbocycles. The summed E-state index contributed by atoms with van der Waals surface area (Å²) in [7, 11) is 1.40. The van der Waals surface area contributed by atoms with Crippen molar-refractivity contribution in [1.29, 1.82) is 0 Å². The Morgan fingerprint density at radius 2 is 2.26 bits per heavy atom. The highest BCUT2D eigenvalue weighted by molar-refractivity contribution is 5.92. The quantitative estimate of drug-likeness (QED) is 0.615. The van der Waals surface area contributed by atoms with Crippen LogP contribution in [0.25, 0.3) is 0 Å². The van der Waals surface area contributed by atoms with E-state index in [-0.39, 0.29) is 5.84 Å². The minimum atomic E-state index is -2.41. The number of nitrogens with two attached hydrogens (primary N) is 1. The molecule has 2 heterocycles. The molecule has 1 saturated heterocycles. The Morgan fingerprint density at radius 3 is 2.78 bits per heavy atom. The number of hydrogen-bond donors (Lipinski definition) is 3. The van der Waals surface area contributed by atoms with Gasteiger partial charge in [-0.3, -0.25) is 0 Å². The first-order valence-electron chi connectivity index (χ1n) is 7.23. The molecular weight excluding hydrogens is 305 g/mol. The second-order valence-corrected chi connectivity index (χ2v) is 5.59. The molecule has 23 heavy (non-hydrogen) atoms. The lowest BCUT2D eigenvalue weighted by atomic mass is 9.93. The molecule has 0 bridgehead atoms. The van der Waals surface area contributed by atoms with Crippen molar-refractivity contribution in [3.63, 3.8) is 0 Å². The summed E-state index contributed by atoms with van der Waals surface area (Å²) < 4.78 is 26.3. The van der Waals surface area contributed by atoms with E-state index in [1.807, 2.05) is 0 Å². The van der Waals surface area contributed by atoms with E-state index in [0.29, 0.717) is 5.70 Å². The lowest BCUT2D eigenvalue weighted by Crippen LogP contribution is -2.55. The van der Waals surface area contributed by atoms with E-state index in [9.17, 15) is 10.2 Å².